The van der Waals surface area contributed by atoms with E-state index in [0.717, 1.165) is 12.8 Å². The fourth-order valence-electron chi connectivity index (χ4n) is 1.92. The van der Waals surface area contributed by atoms with E-state index in [1.54, 1.807) is 0 Å². The summed E-state index contributed by atoms with van der Waals surface area (Å²) in [5, 5.41) is 13.1. The molecular formula is C15H28NO2-. The highest BCUT2D eigenvalue weighted by molar-refractivity contribution is 5.82. The number of hydrogen-bond donors (Lipinski definition) is 1. The molecule has 3 heteroatoms. The Kier molecular flexibility index (Phi) is 11.8. The van der Waals surface area contributed by atoms with E-state index in [4.69, 9.17) is 0 Å². The van der Waals surface area contributed by atoms with Gasteiger partial charge in [0.15, 0.2) is 0 Å². The molecule has 0 amide bonds. The minimum Gasteiger partial charge on any atom is -0.543 e. The van der Waals surface area contributed by atoms with Crippen LogP contribution in [0.2, 0.25) is 0 Å². The molecule has 0 spiro atoms. The molecule has 0 aliphatic rings. The van der Waals surface area contributed by atoms with Gasteiger partial charge in [-0.25, -0.2) is 0 Å². The molecule has 0 unspecified atom stereocenters. The molecule has 0 aliphatic heterocycles. The van der Waals surface area contributed by atoms with Crippen molar-refractivity contribution in [3.63, 3.8) is 0 Å². The minimum absolute atomic E-state index is 0.00840. The Balaban J connectivity index is 3.07. The molecule has 0 atom stereocenters. The minimum atomic E-state index is -1.21. The van der Waals surface area contributed by atoms with Gasteiger partial charge >= 0.3 is 0 Å². The summed E-state index contributed by atoms with van der Waals surface area (Å²) in [5.74, 6) is -1.21. The maximum absolute atomic E-state index is 10.3. The average molecular weight is 254 g/mol. The number of unbranched alkanes of at least 4 members (excludes halogenated alkanes) is 9. The van der Waals surface area contributed by atoms with Gasteiger partial charge in [-0.15, -0.1) is 0 Å². The maximum Gasteiger partial charge on any atom is 0.0868 e. The zero-order valence-electron chi connectivity index (χ0n) is 11.8. The molecule has 0 heterocycles. The van der Waals surface area contributed by atoms with Gasteiger partial charge in [0.25, 0.3) is 0 Å². The van der Waals surface area contributed by atoms with Crippen LogP contribution in [0, 0.1) is 0 Å². The highest BCUT2D eigenvalue weighted by Gasteiger charge is 1.94. The van der Waals surface area contributed by atoms with E-state index in [2.05, 4.69) is 18.8 Å². The van der Waals surface area contributed by atoms with Gasteiger partial charge in [0.1, 0.15) is 0 Å². The number of carbonyl (C=O) groups is 1. The van der Waals surface area contributed by atoms with Gasteiger partial charge in [-0.05, 0) is 6.42 Å². The molecule has 18 heavy (non-hydrogen) atoms. The quantitative estimate of drug-likeness (QED) is 0.406. The van der Waals surface area contributed by atoms with Crippen LogP contribution in [0.1, 0.15) is 71.1 Å². The first kappa shape index (κ1) is 17.0. The van der Waals surface area contributed by atoms with Crippen LogP contribution in [0.5, 0.6) is 0 Å². The summed E-state index contributed by atoms with van der Waals surface area (Å²) in [6.45, 7) is 6.29. The van der Waals surface area contributed by atoms with Gasteiger partial charge in [0, 0.05) is 12.2 Å². The summed E-state index contributed by atoms with van der Waals surface area (Å²) in [6, 6.07) is 0. The van der Waals surface area contributed by atoms with Crippen LogP contribution in [-0.2, 0) is 4.79 Å². The second-order valence-corrected chi connectivity index (χ2v) is 4.87. The predicted molar refractivity (Wildman–Crippen MR) is 74.0 cm³/mol. The largest absolute Gasteiger partial charge is 0.543 e. The first-order valence-electron chi connectivity index (χ1n) is 7.32. The third-order valence-corrected chi connectivity index (χ3v) is 3.12. The zero-order chi connectivity index (χ0) is 13.6. The Morgan fingerprint density at radius 3 is 1.83 bits per heavy atom. The molecule has 0 aromatic carbocycles. The van der Waals surface area contributed by atoms with Gasteiger partial charge in [0.2, 0.25) is 0 Å². The molecule has 0 saturated carbocycles. The predicted octanol–water partition coefficient (Wildman–Crippen LogP) is 2.76. The summed E-state index contributed by atoms with van der Waals surface area (Å²) in [6.07, 6.45) is 12.8. The number of aliphatic carboxylic acids is 1. The third kappa shape index (κ3) is 11.5. The van der Waals surface area contributed by atoms with Crippen molar-refractivity contribution >= 4 is 5.97 Å². The second-order valence-electron chi connectivity index (χ2n) is 4.87. The lowest BCUT2D eigenvalue weighted by molar-refractivity contribution is -0.299. The Bertz CT molecular complexity index is 227. The standard InChI is InChI=1S/C15H29NO2/c1-3-4-5-6-7-8-9-10-11-12-13-16-14(2)15(17)18/h16H,2-13H2,1H3,(H,17,18)/p-1. The maximum atomic E-state index is 10.3. The number of nitrogens with one attached hydrogen (secondary N) is 1. The summed E-state index contributed by atoms with van der Waals surface area (Å²) in [4.78, 5) is 10.3. The molecule has 3 nitrogen and oxygen atoms in total. The van der Waals surface area contributed by atoms with E-state index >= 15 is 0 Å². The van der Waals surface area contributed by atoms with Crippen molar-refractivity contribution in [2.75, 3.05) is 6.54 Å². The molecule has 106 valence electrons. The van der Waals surface area contributed by atoms with Crippen molar-refractivity contribution < 1.29 is 9.90 Å². The van der Waals surface area contributed by atoms with Crippen LogP contribution in [0.25, 0.3) is 0 Å². The molecule has 0 rings (SSSR count). The number of rotatable bonds is 13. The molecule has 0 aliphatic carbocycles. The van der Waals surface area contributed by atoms with Gasteiger partial charge in [0.05, 0.1) is 5.97 Å². The average Bonchev–Trinajstić information content (AvgIpc) is 2.35. The lowest BCUT2D eigenvalue weighted by Gasteiger charge is -2.09. The molecule has 0 radical (unpaired) electrons. The number of carboxylic acids is 1. The van der Waals surface area contributed by atoms with Crippen LogP contribution in [0.4, 0.5) is 0 Å². The SMILES string of the molecule is C=C(NCCCCCCCCCCCC)C(=O)[O-]. The van der Waals surface area contributed by atoms with Crippen molar-refractivity contribution in [3.05, 3.63) is 12.3 Å². The van der Waals surface area contributed by atoms with Gasteiger partial charge in [-0.1, -0.05) is 71.3 Å². The summed E-state index contributed by atoms with van der Waals surface area (Å²) >= 11 is 0. The molecule has 0 aromatic heterocycles. The number of carbonyl (C=O) groups excluding carboxylic acids is 1. The zero-order valence-corrected chi connectivity index (χ0v) is 11.8. The third-order valence-electron chi connectivity index (χ3n) is 3.12. The number of hydrogen-bond acceptors (Lipinski definition) is 3. The van der Waals surface area contributed by atoms with Crippen molar-refractivity contribution in [2.45, 2.75) is 71.1 Å². The second kappa shape index (κ2) is 12.5. The van der Waals surface area contributed by atoms with Crippen molar-refractivity contribution in [1.29, 1.82) is 0 Å². The summed E-state index contributed by atoms with van der Waals surface area (Å²) in [7, 11) is 0. The fraction of sp³-hybridized carbons (Fsp3) is 0.800. The molecular weight excluding hydrogens is 226 g/mol. The summed E-state index contributed by atoms with van der Waals surface area (Å²) < 4.78 is 0. The van der Waals surface area contributed by atoms with Crippen LogP contribution in [-0.4, -0.2) is 12.5 Å². The van der Waals surface area contributed by atoms with Crippen LogP contribution < -0.4 is 10.4 Å². The van der Waals surface area contributed by atoms with Crippen molar-refractivity contribution in [3.8, 4) is 0 Å². The number of carboxylic acid groups (broad SMARTS) is 1. The van der Waals surface area contributed by atoms with E-state index in [9.17, 15) is 9.90 Å². The lowest BCUT2D eigenvalue weighted by atomic mass is 10.1. The summed E-state index contributed by atoms with van der Waals surface area (Å²) in [5.41, 5.74) is -0.00840. The van der Waals surface area contributed by atoms with E-state index in [0.29, 0.717) is 6.54 Å². The van der Waals surface area contributed by atoms with Crippen molar-refractivity contribution in [2.24, 2.45) is 0 Å². The highest BCUT2D eigenvalue weighted by atomic mass is 16.4. The Labute approximate surface area is 112 Å². The monoisotopic (exact) mass is 254 g/mol. The van der Waals surface area contributed by atoms with E-state index in [-0.39, 0.29) is 5.70 Å². The van der Waals surface area contributed by atoms with Crippen LogP contribution in [0.3, 0.4) is 0 Å². The Hall–Kier alpha value is -0.990. The highest BCUT2D eigenvalue weighted by Crippen LogP contribution is 2.10. The van der Waals surface area contributed by atoms with Gasteiger partial charge < -0.3 is 15.2 Å². The Morgan fingerprint density at radius 1 is 0.944 bits per heavy atom. The van der Waals surface area contributed by atoms with E-state index in [1.165, 1.54) is 51.4 Å². The van der Waals surface area contributed by atoms with Gasteiger partial charge in [-0.3, -0.25) is 0 Å². The van der Waals surface area contributed by atoms with E-state index in [1.807, 2.05) is 0 Å². The Morgan fingerprint density at radius 2 is 1.39 bits per heavy atom. The smallest absolute Gasteiger partial charge is 0.0868 e. The van der Waals surface area contributed by atoms with Crippen LogP contribution >= 0.6 is 0 Å². The molecule has 0 bridgehead atoms. The molecule has 1 N–H and O–H groups in total. The molecule has 0 aromatic rings. The first-order chi connectivity index (χ1) is 8.68. The topological polar surface area (TPSA) is 52.2 Å². The molecule has 0 fully saturated rings. The first-order valence-corrected chi connectivity index (χ1v) is 7.32. The van der Waals surface area contributed by atoms with E-state index < -0.39 is 5.97 Å². The van der Waals surface area contributed by atoms with Crippen LogP contribution in [0.15, 0.2) is 12.3 Å². The molecule has 0 saturated heterocycles. The fourth-order valence-corrected chi connectivity index (χ4v) is 1.92. The van der Waals surface area contributed by atoms with Crippen molar-refractivity contribution in [1.82, 2.24) is 5.32 Å². The normalized spacial score (nSPS) is 10.3. The lowest BCUT2D eigenvalue weighted by Crippen LogP contribution is -2.32. The van der Waals surface area contributed by atoms with Gasteiger partial charge in [-0.2, -0.15) is 0 Å².